The standard InChI is InChI=1S/C28H23NO2/c1-28(2,3)16-17-12-13-20-24(14-17)30-26-19-9-5-4-8-18(19)15-21(25(20)26)27-29-22-10-6-7-11-23(22)31-27/h4-15H,16H2,1-3H3. The fourth-order valence-corrected chi connectivity index (χ4v) is 4.53. The lowest BCUT2D eigenvalue weighted by molar-refractivity contribution is 0.411. The summed E-state index contributed by atoms with van der Waals surface area (Å²) in [5, 5.41) is 4.37. The quantitative estimate of drug-likeness (QED) is 0.292. The second kappa shape index (κ2) is 6.45. The van der Waals surface area contributed by atoms with Gasteiger partial charge in [-0.3, -0.25) is 0 Å². The van der Waals surface area contributed by atoms with Crippen molar-refractivity contribution < 1.29 is 8.83 Å². The van der Waals surface area contributed by atoms with E-state index in [-0.39, 0.29) is 5.41 Å². The van der Waals surface area contributed by atoms with Crippen molar-refractivity contribution in [2.75, 3.05) is 0 Å². The van der Waals surface area contributed by atoms with E-state index in [2.05, 4.69) is 63.2 Å². The summed E-state index contributed by atoms with van der Waals surface area (Å²) in [7, 11) is 0. The highest BCUT2D eigenvalue weighted by molar-refractivity contribution is 6.20. The SMILES string of the molecule is CC(C)(C)Cc1ccc2c(c1)oc1c3ccccc3cc(-c3nc4ccccc4o3)c21. The van der Waals surface area contributed by atoms with Gasteiger partial charge in [-0.1, -0.05) is 69.3 Å². The Kier molecular flexibility index (Phi) is 3.79. The monoisotopic (exact) mass is 405 g/mol. The average Bonchev–Trinajstić information content (AvgIpc) is 3.33. The van der Waals surface area contributed by atoms with Gasteiger partial charge in [-0.2, -0.15) is 0 Å². The summed E-state index contributed by atoms with van der Waals surface area (Å²) in [5.41, 5.74) is 5.91. The van der Waals surface area contributed by atoms with Crippen molar-refractivity contribution in [2.45, 2.75) is 27.2 Å². The Morgan fingerprint density at radius 3 is 2.42 bits per heavy atom. The molecule has 0 spiro atoms. The number of furan rings is 1. The molecule has 0 N–H and O–H groups in total. The number of benzene rings is 4. The molecule has 0 aliphatic heterocycles. The number of para-hydroxylation sites is 2. The highest BCUT2D eigenvalue weighted by Crippen LogP contribution is 2.42. The number of aromatic nitrogens is 1. The molecule has 0 aliphatic carbocycles. The number of hydrogen-bond donors (Lipinski definition) is 0. The number of rotatable bonds is 2. The maximum absolute atomic E-state index is 6.49. The van der Waals surface area contributed by atoms with Crippen molar-refractivity contribution >= 4 is 43.8 Å². The summed E-state index contributed by atoms with van der Waals surface area (Å²) in [6.45, 7) is 6.78. The zero-order chi connectivity index (χ0) is 21.2. The van der Waals surface area contributed by atoms with Crippen LogP contribution in [0.5, 0.6) is 0 Å². The minimum Gasteiger partial charge on any atom is -0.455 e. The van der Waals surface area contributed by atoms with Gasteiger partial charge in [-0.25, -0.2) is 4.98 Å². The minimum atomic E-state index is 0.218. The molecule has 6 aromatic rings. The van der Waals surface area contributed by atoms with Gasteiger partial charge >= 0.3 is 0 Å². The Hall–Kier alpha value is -3.59. The Morgan fingerprint density at radius 1 is 0.774 bits per heavy atom. The number of fused-ring (bicyclic) bond motifs is 6. The highest BCUT2D eigenvalue weighted by atomic mass is 16.3. The van der Waals surface area contributed by atoms with Gasteiger partial charge in [-0.05, 0) is 47.1 Å². The predicted octanol–water partition coefficient (Wildman–Crippen LogP) is 8.14. The van der Waals surface area contributed by atoms with Crippen LogP contribution < -0.4 is 0 Å². The first-order valence-corrected chi connectivity index (χ1v) is 10.7. The van der Waals surface area contributed by atoms with Crippen molar-refractivity contribution in [3.05, 3.63) is 78.4 Å². The van der Waals surface area contributed by atoms with Gasteiger partial charge in [0.1, 0.15) is 16.7 Å². The molecule has 0 bridgehead atoms. The summed E-state index contributed by atoms with van der Waals surface area (Å²) < 4.78 is 12.7. The zero-order valence-corrected chi connectivity index (χ0v) is 17.9. The third-order valence-corrected chi connectivity index (χ3v) is 5.79. The minimum absolute atomic E-state index is 0.218. The molecule has 0 aliphatic rings. The molecular formula is C28H23NO2. The first-order chi connectivity index (χ1) is 15.0. The molecule has 0 amide bonds. The van der Waals surface area contributed by atoms with E-state index in [1.165, 1.54) is 5.56 Å². The molecule has 3 heteroatoms. The molecule has 2 aromatic heterocycles. The van der Waals surface area contributed by atoms with Crippen LogP contribution in [0.15, 0.2) is 81.6 Å². The molecule has 0 saturated carbocycles. The van der Waals surface area contributed by atoms with Crippen LogP contribution in [0.25, 0.3) is 55.3 Å². The second-order valence-electron chi connectivity index (χ2n) is 9.51. The van der Waals surface area contributed by atoms with Gasteiger partial charge in [0.05, 0.1) is 0 Å². The predicted molar refractivity (Wildman–Crippen MR) is 127 cm³/mol. The van der Waals surface area contributed by atoms with E-state index in [1.807, 2.05) is 30.3 Å². The maximum Gasteiger partial charge on any atom is 0.228 e. The Labute approximate surface area is 180 Å². The lowest BCUT2D eigenvalue weighted by atomic mass is 9.88. The van der Waals surface area contributed by atoms with E-state index in [1.54, 1.807) is 0 Å². The van der Waals surface area contributed by atoms with Gasteiger partial charge in [-0.15, -0.1) is 0 Å². The van der Waals surface area contributed by atoms with Crippen LogP contribution in [0.1, 0.15) is 26.3 Å². The third-order valence-electron chi connectivity index (χ3n) is 5.79. The normalized spacial score (nSPS) is 12.5. The number of hydrogen-bond acceptors (Lipinski definition) is 3. The lowest BCUT2D eigenvalue weighted by Crippen LogP contribution is -2.08. The van der Waals surface area contributed by atoms with E-state index in [0.29, 0.717) is 5.89 Å². The molecule has 31 heavy (non-hydrogen) atoms. The Bertz CT molecular complexity index is 1560. The molecule has 0 fully saturated rings. The van der Waals surface area contributed by atoms with Crippen LogP contribution >= 0.6 is 0 Å². The Balaban J connectivity index is 1.69. The highest BCUT2D eigenvalue weighted by Gasteiger charge is 2.20. The summed E-state index contributed by atoms with van der Waals surface area (Å²) in [5.74, 6) is 0.624. The van der Waals surface area contributed by atoms with Gasteiger partial charge in [0.25, 0.3) is 0 Å². The van der Waals surface area contributed by atoms with Crippen LogP contribution in [0.2, 0.25) is 0 Å². The van der Waals surface area contributed by atoms with Crippen LogP contribution in [0.4, 0.5) is 0 Å². The fourth-order valence-electron chi connectivity index (χ4n) is 4.53. The smallest absolute Gasteiger partial charge is 0.228 e. The van der Waals surface area contributed by atoms with Crippen LogP contribution in [-0.2, 0) is 6.42 Å². The number of oxazole rings is 1. The van der Waals surface area contributed by atoms with Crippen molar-refractivity contribution in [1.29, 1.82) is 0 Å². The molecular weight excluding hydrogens is 382 g/mol. The summed E-state index contributed by atoms with van der Waals surface area (Å²) in [4.78, 5) is 4.78. The summed E-state index contributed by atoms with van der Waals surface area (Å²) in [6.07, 6.45) is 0.999. The molecule has 0 radical (unpaired) electrons. The van der Waals surface area contributed by atoms with Crippen molar-refractivity contribution in [2.24, 2.45) is 5.41 Å². The lowest BCUT2D eigenvalue weighted by Gasteiger charge is -2.17. The van der Waals surface area contributed by atoms with E-state index >= 15 is 0 Å². The van der Waals surface area contributed by atoms with Crippen LogP contribution in [0, 0.1) is 5.41 Å². The molecule has 0 saturated heterocycles. The number of nitrogens with zero attached hydrogens (tertiary/aromatic N) is 1. The fraction of sp³-hybridized carbons (Fsp3) is 0.179. The summed E-state index contributed by atoms with van der Waals surface area (Å²) in [6, 6.07) is 25.0. The molecule has 0 unspecified atom stereocenters. The molecule has 0 atom stereocenters. The largest absolute Gasteiger partial charge is 0.455 e. The van der Waals surface area contributed by atoms with Crippen LogP contribution in [-0.4, -0.2) is 4.98 Å². The molecule has 4 aromatic carbocycles. The first kappa shape index (κ1) is 18.2. The topological polar surface area (TPSA) is 39.2 Å². The van der Waals surface area contributed by atoms with Crippen LogP contribution in [0.3, 0.4) is 0 Å². The molecule has 152 valence electrons. The average molecular weight is 405 g/mol. The molecule has 3 nitrogen and oxygen atoms in total. The maximum atomic E-state index is 6.49. The van der Waals surface area contributed by atoms with Gasteiger partial charge in [0.15, 0.2) is 5.58 Å². The third kappa shape index (κ3) is 3.00. The van der Waals surface area contributed by atoms with Crippen molar-refractivity contribution in [1.82, 2.24) is 4.98 Å². The van der Waals surface area contributed by atoms with E-state index in [9.17, 15) is 0 Å². The van der Waals surface area contributed by atoms with E-state index < -0.39 is 0 Å². The molecule has 6 rings (SSSR count). The van der Waals surface area contributed by atoms with Crippen molar-refractivity contribution in [3.8, 4) is 11.5 Å². The second-order valence-corrected chi connectivity index (χ2v) is 9.51. The molecule has 2 heterocycles. The van der Waals surface area contributed by atoms with Gasteiger partial charge in [0, 0.05) is 21.7 Å². The van der Waals surface area contributed by atoms with Gasteiger partial charge in [0.2, 0.25) is 5.89 Å². The van der Waals surface area contributed by atoms with E-state index in [0.717, 1.165) is 55.8 Å². The Morgan fingerprint density at radius 2 is 1.58 bits per heavy atom. The van der Waals surface area contributed by atoms with E-state index in [4.69, 9.17) is 13.8 Å². The first-order valence-electron chi connectivity index (χ1n) is 10.7. The summed E-state index contributed by atoms with van der Waals surface area (Å²) >= 11 is 0. The van der Waals surface area contributed by atoms with Gasteiger partial charge < -0.3 is 8.83 Å². The zero-order valence-electron chi connectivity index (χ0n) is 17.9. The van der Waals surface area contributed by atoms with Crippen molar-refractivity contribution in [3.63, 3.8) is 0 Å².